The fourth-order valence-electron chi connectivity index (χ4n) is 1.37. The molecule has 0 radical (unpaired) electrons. The molecule has 0 aliphatic carbocycles. The summed E-state index contributed by atoms with van der Waals surface area (Å²) in [5.41, 5.74) is 2.38. The van der Waals surface area contributed by atoms with Gasteiger partial charge in [0.15, 0.2) is 0 Å². The van der Waals surface area contributed by atoms with E-state index in [1.807, 2.05) is 7.05 Å². The van der Waals surface area contributed by atoms with Crippen LogP contribution in [0.2, 0.25) is 0 Å². The highest BCUT2D eigenvalue weighted by Gasteiger charge is 2.30. The molecule has 1 saturated heterocycles. The third-order valence-corrected chi connectivity index (χ3v) is 2.66. The minimum atomic E-state index is 0.567. The topological polar surface area (TPSA) is 3.24 Å². The Labute approximate surface area is 63.0 Å². The van der Waals surface area contributed by atoms with Crippen molar-refractivity contribution in [3.05, 3.63) is 24.6 Å². The molecular formula is C9H15N. The second-order valence-electron chi connectivity index (χ2n) is 3.12. The van der Waals surface area contributed by atoms with Crippen LogP contribution < -0.4 is 0 Å². The van der Waals surface area contributed by atoms with Crippen molar-refractivity contribution in [1.82, 2.24) is 4.90 Å². The van der Waals surface area contributed by atoms with E-state index in [0.717, 1.165) is 0 Å². The molecule has 1 aliphatic rings. The van der Waals surface area contributed by atoms with Gasteiger partial charge in [0.1, 0.15) is 0 Å². The summed E-state index contributed by atoms with van der Waals surface area (Å²) in [4.78, 5) is 2.09. The van der Waals surface area contributed by atoms with Crippen molar-refractivity contribution in [3.8, 4) is 0 Å². The first-order valence-corrected chi connectivity index (χ1v) is 3.67. The van der Waals surface area contributed by atoms with Crippen LogP contribution >= 0.6 is 0 Å². The molecule has 10 heavy (non-hydrogen) atoms. The summed E-state index contributed by atoms with van der Waals surface area (Å²) in [5.74, 6) is 1.13. The molecule has 0 N–H and O–H groups in total. The fraction of sp³-hybridized carbons (Fsp3) is 0.556. The van der Waals surface area contributed by atoms with Gasteiger partial charge in [0, 0.05) is 30.3 Å². The third kappa shape index (κ3) is 0.772. The van der Waals surface area contributed by atoms with Gasteiger partial charge in [-0.1, -0.05) is 27.0 Å². The molecule has 1 heteroatoms. The maximum Gasteiger partial charge on any atom is 0.0136 e. The maximum atomic E-state index is 3.98. The Balaban J connectivity index is 2.89. The lowest BCUT2D eigenvalue weighted by molar-refractivity contribution is 0.546. The van der Waals surface area contributed by atoms with Gasteiger partial charge in [-0.2, -0.15) is 0 Å². The molecule has 1 rings (SSSR count). The van der Waals surface area contributed by atoms with Crippen molar-refractivity contribution in [1.29, 1.82) is 0 Å². The molecule has 1 unspecified atom stereocenters. The SMILES string of the molecule is C=C1C(C)[C@H](C)C(=C)N1C. The van der Waals surface area contributed by atoms with Crippen LogP contribution in [0, 0.1) is 11.8 Å². The zero-order valence-corrected chi connectivity index (χ0v) is 7.02. The molecule has 56 valence electrons. The van der Waals surface area contributed by atoms with Crippen LogP contribution in [0.5, 0.6) is 0 Å². The molecule has 0 saturated carbocycles. The summed E-state index contributed by atoms with van der Waals surface area (Å²) in [7, 11) is 2.03. The van der Waals surface area contributed by atoms with E-state index in [2.05, 4.69) is 31.9 Å². The van der Waals surface area contributed by atoms with Crippen LogP contribution in [-0.2, 0) is 0 Å². The molecule has 0 aromatic carbocycles. The van der Waals surface area contributed by atoms with Crippen molar-refractivity contribution in [2.24, 2.45) is 11.8 Å². The highest BCUT2D eigenvalue weighted by atomic mass is 15.2. The molecule has 0 aromatic rings. The molecule has 0 spiro atoms. The summed E-state index contributed by atoms with van der Waals surface area (Å²) in [6, 6.07) is 0. The number of rotatable bonds is 0. The van der Waals surface area contributed by atoms with Gasteiger partial charge in [0.2, 0.25) is 0 Å². The molecule has 0 aromatic heterocycles. The quantitative estimate of drug-likeness (QED) is 0.495. The van der Waals surface area contributed by atoms with Gasteiger partial charge in [-0.3, -0.25) is 0 Å². The summed E-state index contributed by atoms with van der Waals surface area (Å²) in [5, 5.41) is 0. The first kappa shape index (κ1) is 7.39. The Hall–Kier alpha value is -0.720. The van der Waals surface area contributed by atoms with Crippen molar-refractivity contribution >= 4 is 0 Å². The Morgan fingerprint density at radius 3 is 1.50 bits per heavy atom. The van der Waals surface area contributed by atoms with E-state index < -0.39 is 0 Å². The Morgan fingerprint density at radius 1 is 1.10 bits per heavy atom. The molecule has 1 heterocycles. The van der Waals surface area contributed by atoms with Crippen LogP contribution in [0.15, 0.2) is 24.6 Å². The lowest BCUT2D eigenvalue weighted by Gasteiger charge is -2.13. The smallest absolute Gasteiger partial charge is 0.0136 e. The van der Waals surface area contributed by atoms with Gasteiger partial charge < -0.3 is 4.90 Å². The van der Waals surface area contributed by atoms with Crippen molar-refractivity contribution in [2.45, 2.75) is 13.8 Å². The van der Waals surface area contributed by atoms with E-state index in [0.29, 0.717) is 11.8 Å². The Morgan fingerprint density at radius 2 is 1.40 bits per heavy atom. The van der Waals surface area contributed by atoms with Crippen LogP contribution in [-0.4, -0.2) is 11.9 Å². The van der Waals surface area contributed by atoms with E-state index in [-0.39, 0.29) is 0 Å². The van der Waals surface area contributed by atoms with Gasteiger partial charge in [0.05, 0.1) is 0 Å². The van der Waals surface area contributed by atoms with Gasteiger partial charge in [0.25, 0.3) is 0 Å². The lowest BCUT2D eigenvalue weighted by Crippen LogP contribution is -2.08. The average molecular weight is 137 g/mol. The monoisotopic (exact) mass is 137 g/mol. The molecule has 1 fully saturated rings. The summed E-state index contributed by atoms with van der Waals surface area (Å²) < 4.78 is 0. The first-order chi connectivity index (χ1) is 4.55. The van der Waals surface area contributed by atoms with Crippen LogP contribution in [0.4, 0.5) is 0 Å². The number of hydrogen-bond acceptors (Lipinski definition) is 1. The predicted octanol–water partition coefficient (Wildman–Crippen LogP) is 2.23. The summed E-state index contributed by atoms with van der Waals surface area (Å²) in [6.07, 6.45) is 0. The van der Waals surface area contributed by atoms with E-state index in [1.54, 1.807) is 0 Å². The minimum absolute atomic E-state index is 0.567. The molecule has 1 aliphatic heterocycles. The number of allylic oxidation sites excluding steroid dienone is 2. The van der Waals surface area contributed by atoms with Crippen molar-refractivity contribution in [3.63, 3.8) is 0 Å². The average Bonchev–Trinajstić information content (AvgIpc) is 2.07. The third-order valence-electron chi connectivity index (χ3n) is 2.66. The summed E-state index contributed by atoms with van der Waals surface area (Å²) in [6.45, 7) is 12.4. The van der Waals surface area contributed by atoms with Crippen LogP contribution in [0.25, 0.3) is 0 Å². The Kier molecular flexibility index (Phi) is 1.59. The minimum Gasteiger partial charge on any atom is -0.352 e. The normalized spacial score (nSPS) is 33.7. The molecular weight excluding hydrogens is 122 g/mol. The first-order valence-electron chi connectivity index (χ1n) is 3.67. The van der Waals surface area contributed by atoms with E-state index in [9.17, 15) is 0 Å². The number of nitrogens with zero attached hydrogens (tertiary/aromatic N) is 1. The van der Waals surface area contributed by atoms with Gasteiger partial charge >= 0.3 is 0 Å². The lowest BCUT2D eigenvalue weighted by atomic mass is 9.97. The second-order valence-corrected chi connectivity index (χ2v) is 3.12. The van der Waals surface area contributed by atoms with Crippen LogP contribution in [0.3, 0.4) is 0 Å². The number of likely N-dealkylation sites (tertiary alicyclic amines) is 1. The largest absolute Gasteiger partial charge is 0.352 e. The highest BCUT2D eigenvalue weighted by molar-refractivity contribution is 5.21. The van der Waals surface area contributed by atoms with E-state index >= 15 is 0 Å². The van der Waals surface area contributed by atoms with Crippen molar-refractivity contribution < 1.29 is 0 Å². The zero-order chi connectivity index (χ0) is 7.89. The molecule has 1 nitrogen and oxygen atoms in total. The second kappa shape index (κ2) is 2.15. The molecule has 0 bridgehead atoms. The highest BCUT2D eigenvalue weighted by Crippen LogP contribution is 2.36. The van der Waals surface area contributed by atoms with E-state index in [1.165, 1.54) is 11.4 Å². The van der Waals surface area contributed by atoms with Gasteiger partial charge in [-0.15, -0.1) is 0 Å². The fourth-order valence-corrected chi connectivity index (χ4v) is 1.37. The predicted molar refractivity (Wildman–Crippen MR) is 44.4 cm³/mol. The molecule has 0 amide bonds. The van der Waals surface area contributed by atoms with Crippen molar-refractivity contribution in [2.75, 3.05) is 7.05 Å². The van der Waals surface area contributed by atoms with Gasteiger partial charge in [-0.05, 0) is 0 Å². The standard InChI is InChI=1S/C9H15N/c1-6-7(2)9(4)10(5)8(6)3/h6-7H,3-4H2,1-2,5H3/t6-,7?/m0/s1. The number of hydrogen-bond donors (Lipinski definition) is 0. The Bertz CT molecular complexity index is 161. The van der Waals surface area contributed by atoms with Crippen LogP contribution in [0.1, 0.15) is 13.8 Å². The molecule has 2 atom stereocenters. The zero-order valence-electron chi connectivity index (χ0n) is 7.02. The van der Waals surface area contributed by atoms with Gasteiger partial charge in [-0.25, -0.2) is 0 Å². The maximum absolute atomic E-state index is 3.98. The summed E-state index contributed by atoms with van der Waals surface area (Å²) >= 11 is 0. The van der Waals surface area contributed by atoms with E-state index in [4.69, 9.17) is 0 Å².